The van der Waals surface area contributed by atoms with E-state index in [-0.39, 0.29) is 12.6 Å². The molecule has 2 aromatic carbocycles. The Labute approximate surface area is 136 Å². The van der Waals surface area contributed by atoms with Crippen LogP contribution < -0.4 is 10.6 Å². The first-order valence-electron chi connectivity index (χ1n) is 8.15. The Balaban J connectivity index is 1.52. The van der Waals surface area contributed by atoms with E-state index in [1.807, 2.05) is 42.5 Å². The van der Waals surface area contributed by atoms with Crippen LogP contribution in [0.3, 0.4) is 0 Å². The summed E-state index contributed by atoms with van der Waals surface area (Å²) in [5.74, 6) is 0. The van der Waals surface area contributed by atoms with Crippen molar-refractivity contribution in [2.45, 2.75) is 18.9 Å². The summed E-state index contributed by atoms with van der Waals surface area (Å²) in [7, 11) is 0. The molecule has 2 aromatic rings. The van der Waals surface area contributed by atoms with Crippen LogP contribution in [0, 0.1) is 0 Å². The van der Waals surface area contributed by atoms with Crippen molar-refractivity contribution >= 4 is 22.5 Å². The van der Waals surface area contributed by atoms with E-state index in [1.54, 1.807) is 0 Å². The van der Waals surface area contributed by atoms with Gasteiger partial charge in [-0.1, -0.05) is 36.4 Å². The molecule has 0 spiro atoms. The number of likely N-dealkylation sites (tertiary alicyclic amines) is 1. The number of aliphatic hydroxyl groups is 1. The van der Waals surface area contributed by atoms with Crippen molar-refractivity contribution in [1.29, 1.82) is 0 Å². The lowest BCUT2D eigenvalue weighted by Gasteiger charge is -2.19. The van der Waals surface area contributed by atoms with Gasteiger partial charge >= 0.3 is 6.03 Å². The van der Waals surface area contributed by atoms with Crippen LogP contribution >= 0.6 is 0 Å². The smallest absolute Gasteiger partial charge is 0.319 e. The van der Waals surface area contributed by atoms with Crippen LogP contribution in [-0.4, -0.2) is 48.3 Å². The lowest BCUT2D eigenvalue weighted by Crippen LogP contribution is -2.40. The first-order chi connectivity index (χ1) is 11.2. The molecule has 0 saturated carbocycles. The predicted molar refractivity (Wildman–Crippen MR) is 92.7 cm³/mol. The molecule has 1 unspecified atom stereocenters. The topological polar surface area (TPSA) is 64.6 Å². The Morgan fingerprint density at radius 1 is 1.13 bits per heavy atom. The Bertz CT molecular complexity index is 663. The number of β-amino-alcohol motifs (C(OH)–C–C–N with tert-alkyl or cyclic N) is 1. The zero-order valence-corrected chi connectivity index (χ0v) is 13.2. The molecule has 23 heavy (non-hydrogen) atoms. The molecule has 1 heterocycles. The van der Waals surface area contributed by atoms with Crippen molar-refractivity contribution in [1.82, 2.24) is 10.2 Å². The summed E-state index contributed by atoms with van der Waals surface area (Å²) in [5.41, 5.74) is 0.773. The summed E-state index contributed by atoms with van der Waals surface area (Å²) in [6.45, 7) is 2.96. The number of fused-ring (bicyclic) bond motifs is 1. The van der Waals surface area contributed by atoms with Crippen LogP contribution in [0.2, 0.25) is 0 Å². The number of carbonyl (C=O) groups excluding carboxylic acids is 1. The third-order valence-electron chi connectivity index (χ3n) is 4.20. The molecule has 0 radical (unpaired) electrons. The predicted octanol–water partition coefficient (Wildman–Crippen LogP) is 2.42. The third-order valence-corrected chi connectivity index (χ3v) is 4.20. The van der Waals surface area contributed by atoms with E-state index in [1.165, 1.54) is 12.8 Å². The number of nitrogens with zero attached hydrogens (tertiary/aromatic N) is 1. The number of carbonyl (C=O) groups is 1. The molecule has 2 amide bonds. The highest BCUT2D eigenvalue weighted by Gasteiger charge is 2.16. The van der Waals surface area contributed by atoms with Gasteiger partial charge in [0.25, 0.3) is 0 Å². The van der Waals surface area contributed by atoms with E-state index in [4.69, 9.17) is 0 Å². The van der Waals surface area contributed by atoms with Crippen molar-refractivity contribution in [3.8, 4) is 0 Å². The molecular weight excluding hydrogens is 290 g/mol. The quantitative estimate of drug-likeness (QED) is 0.794. The molecule has 122 valence electrons. The van der Waals surface area contributed by atoms with Crippen LogP contribution in [0.15, 0.2) is 42.5 Å². The third kappa shape index (κ3) is 4.21. The van der Waals surface area contributed by atoms with Crippen molar-refractivity contribution in [2.75, 3.05) is 31.5 Å². The van der Waals surface area contributed by atoms with Gasteiger partial charge in [0.05, 0.1) is 11.8 Å². The minimum absolute atomic E-state index is 0.257. The largest absolute Gasteiger partial charge is 0.390 e. The van der Waals surface area contributed by atoms with Gasteiger partial charge in [-0.25, -0.2) is 4.79 Å². The summed E-state index contributed by atoms with van der Waals surface area (Å²) in [5, 5.41) is 17.7. The maximum atomic E-state index is 12.1. The van der Waals surface area contributed by atoms with Crippen LogP contribution in [0.4, 0.5) is 10.5 Å². The lowest BCUT2D eigenvalue weighted by molar-refractivity contribution is 0.125. The van der Waals surface area contributed by atoms with E-state index in [0.29, 0.717) is 6.54 Å². The molecule has 5 heteroatoms. The summed E-state index contributed by atoms with van der Waals surface area (Å²) in [6, 6.07) is 13.4. The fourth-order valence-corrected chi connectivity index (χ4v) is 3.04. The summed E-state index contributed by atoms with van der Waals surface area (Å²) in [6.07, 6.45) is 1.86. The molecule has 0 aliphatic carbocycles. The molecule has 1 fully saturated rings. The van der Waals surface area contributed by atoms with Gasteiger partial charge in [0.1, 0.15) is 0 Å². The average Bonchev–Trinajstić information content (AvgIpc) is 3.06. The first-order valence-corrected chi connectivity index (χ1v) is 8.15. The van der Waals surface area contributed by atoms with Gasteiger partial charge in [-0.3, -0.25) is 0 Å². The number of anilines is 1. The highest BCUT2D eigenvalue weighted by atomic mass is 16.3. The number of amides is 2. The maximum absolute atomic E-state index is 12.1. The van der Waals surface area contributed by atoms with Crippen LogP contribution in [0.1, 0.15) is 12.8 Å². The molecular formula is C18H23N3O2. The number of nitrogens with one attached hydrogen (secondary N) is 2. The van der Waals surface area contributed by atoms with Crippen molar-refractivity contribution < 1.29 is 9.90 Å². The van der Waals surface area contributed by atoms with Crippen molar-refractivity contribution in [3.63, 3.8) is 0 Å². The Morgan fingerprint density at radius 3 is 2.70 bits per heavy atom. The summed E-state index contributed by atoms with van der Waals surface area (Å²) >= 11 is 0. The van der Waals surface area contributed by atoms with Gasteiger partial charge < -0.3 is 20.6 Å². The Hall–Kier alpha value is -2.11. The molecule has 3 N–H and O–H groups in total. The van der Waals surface area contributed by atoms with E-state index >= 15 is 0 Å². The second-order valence-corrected chi connectivity index (χ2v) is 6.02. The van der Waals surface area contributed by atoms with Gasteiger partial charge in [-0.15, -0.1) is 0 Å². The van der Waals surface area contributed by atoms with Crippen molar-refractivity contribution in [3.05, 3.63) is 42.5 Å². The normalized spacial score (nSPS) is 16.4. The molecule has 1 aliphatic rings. The Kier molecular flexibility index (Phi) is 5.10. The van der Waals surface area contributed by atoms with Crippen molar-refractivity contribution in [2.24, 2.45) is 0 Å². The fourth-order valence-electron chi connectivity index (χ4n) is 3.04. The zero-order chi connectivity index (χ0) is 16.1. The average molecular weight is 313 g/mol. The van der Waals surface area contributed by atoms with Gasteiger partial charge in [0.15, 0.2) is 0 Å². The molecule has 1 aliphatic heterocycles. The summed E-state index contributed by atoms with van der Waals surface area (Å²) < 4.78 is 0. The second-order valence-electron chi connectivity index (χ2n) is 6.02. The standard InChI is InChI=1S/C18H23N3O2/c22-15(13-21-10-3-4-11-21)12-19-18(23)20-17-9-5-7-14-6-1-2-8-16(14)17/h1-2,5-9,15,22H,3-4,10-13H2,(H2,19,20,23). The molecule has 0 aromatic heterocycles. The highest BCUT2D eigenvalue weighted by molar-refractivity contribution is 6.01. The minimum Gasteiger partial charge on any atom is -0.390 e. The van der Waals surface area contributed by atoms with Crippen LogP contribution in [-0.2, 0) is 0 Å². The number of aliphatic hydroxyl groups excluding tert-OH is 1. The lowest BCUT2D eigenvalue weighted by atomic mass is 10.1. The summed E-state index contributed by atoms with van der Waals surface area (Å²) in [4.78, 5) is 14.3. The minimum atomic E-state index is -0.536. The van der Waals surface area contributed by atoms with Gasteiger partial charge in [0.2, 0.25) is 0 Å². The van der Waals surface area contributed by atoms with Gasteiger partial charge in [-0.2, -0.15) is 0 Å². The van der Waals surface area contributed by atoms with Crippen LogP contribution in [0.5, 0.6) is 0 Å². The van der Waals surface area contributed by atoms with E-state index in [2.05, 4.69) is 15.5 Å². The number of rotatable bonds is 5. The first kappa shape index (κ1) is 15.8. The molecule has 1 atom stereocenters. The van der Waals surface area contributed by atoms with Gasteiger partial charge in [-0.05, 0) is 37.4 Å². The molecule has 3 rings (SSSR count). The number of urea groups is 1. The molecule has 1 saturated heterocycles. The van der Waals surface area contributed by atoms with E-state index in [9.17, 15) is 9.90 Å². The number of hydrogen-bond acceptors (Lipinski definition) is 3. The molecule has 0 bridgehead atoms. The second kappa shape index (κ2) is 7.44. The van der Waals surface area contributed by atoms with Gasteiger partial charge in [0, 0.05) is 18.5 Å². The highest BCUT2D eigenvalue weighted by Crippen LogP contribution is 2.22. The maximum Gasteiger partial charge on any atom is 0.319 e. The fraction of sp³-hybridized carbons (Fsp3) is 0.389. The van der Waals surface area contributed by atoms with Crippen LogP contribution in [0.25, 0.3) is 10.8 Å². The molecule has 5 nitrogen and oxygen atoms in total. The Morgan fingerprint density at radius 2 is 1.87 bits per heavy atom. The number of hydrogen-bond donors (Lipinski definition) is 3. The van der Waals surface area contributed by atoms with E-state index in [0.717, 1.165) is 29.5 Å². The monoisotopic (exact) mass is 313 g/mol. The number of benzene rings is 2. The zero-order valence-electron chi connectivity index (χ0n) is 13.2. The van der Waals surface area contributed by atoms with E-state index < -0.39 is 6.10 Å². The SMILES string of the molecule is O=C(NCC(O)CN1CCCC1)Nc1cccc2ccccc12.